The molecule has 0 saturated heterocycles. The van der Waals surface area contributed by atoms with Crippen LogP contribution in [-0.2, 0) is 13.6 Å². The molecule has 1 saturated carbocycles. The highest BCUT2D eigenvalue weighted by Gasteiger charge is 2.32. The van der Waals surface area contributed by atoms with Crippen molar-refractivity contribution in [3.8, 4) is 0 Å². The number of phosphoric acid groups is 1. The Bertz CT molecular complexity index is 268. The molecule has 1 rings (SSSR count). The lowest BCUT2D eigenvalue weighted by atomic mass is 9.76. The topological polar surface area (TPSA) is 55.8 Å². The average Bonchev–Trinajstić information content (AvgIpc) is 2.21. The number of phosphoric ester groups is 1. The molecule has 0 heterocycles. The Morgan fingerprint density at radius 1 is 1.35 bits per heavy atom. The summed E-state index contributed by atoms with van der Waals surface area (Å²) in [6.45, 7) is 6.75. The van der Waals surface area contributed by atoms with Gasteiger partial charge in [-0.2, -0.15) is 0 Å². The van der Waals surface area contributed by atoms with E-state index in [4.69, 9.17) is 9.05 Å². The molecule has 1 unspecified atom stereocenters. The van der Waals surface area contributed by atoms with Crippen molar-refractivity contribution in [3.05, 3.63) is 0 Å². The highest BCUT2D eigenvalue weighted by molar-refractivity contribution is 7.47. The van der Waals surface area contributed by atoms with Crippen molar-refractivity contribution in [1.82, 2.24) is 0 Å². The zero-order valence-corrected chi connectivity index (χ0v) is 12.0. The second-order valence-electron chi connectivity index (χ2n) is 5.62. The number of hydrogen-bond acceptors (Lipinski definition) is 3. The summed E-state index contributed by atoms with van der Waals surface area (Å²) in [6.07, 6.45) is 5.35. The second kappa shape index (κ2) is 6.33. The zero-order valence-electron chi connectivity index (χ0n) is 11.1. The first-order valence-electron chi connectivity index (χ1n) is 6.50. The summed E-state index contributed by atoms with van der Waals surface area (Å²) in [7, 11) is -3.83. The molecule has 0 bridgehead atoms. The first kappa shape index (κ1) is 15.2. The molecule has 0 aromatic carbocycles. The minimum Gasteiger partial charge on any atom is -0.302 e. The lowest BCUT2D eigenvalue weighted by molar-refractivity contribution is 0.0549. The van der Waals surface area contributed by atoms with Gasteiger partial charge in [0.2, 0.25) is 0 Å². The zero-order chi connectivity index (χ0) is 12.9. The van der Waals surface area contributed by atoms with E-state index in [0.29, 0.717) is 12.0 Å². The Hall–Kier alpha value is 0.110. The summed E-state index contributed by atoms with van der Waals surface area (Å²) in [5, 5.41) is 0. The van der Waals surface area contributed by atoms with Gasteiger partial charge in [-0.15, -0.1) is 0 Å². The van der Waals surface area contributed by atoms with Gasteiger partial charge in [-0.25, -0.2) is 4.57 Å². The van der Waals surface area contributed by atoms with Gasteiger partial charge in [0.1, 0.15) is 0 Å². The van der Waals surface area contributed by atoms with Crippen molar-refractivity contribution in [2.24, 2.45) is 5.41 Å². The normalized spacial score (nSPS) is 24.5. The van der Waals surface area contributed by atoms with Crippen molar-refractivity contribution in [2.75, 3.05) is 6.61 Å². The van der Waals surface area contributed by atoms with Gasteiger partial charge in [-0.1, -0.05) is 27.2 Å². The minimum atomic E-state index is -3.83. The first-order chi connectivity index (χ1) is 7.85. The Morgan fingerprint density at radius 3 is 2.47 bits per heavy atom. The molecule has 1 aliphatic rings. The van der Waals surface area contributed by atoms with Crippen molar-refractivity contribution in [2.45, 2.75) is 65.4 Å². The van der Waals surface area contributed by atoms with E-state index in [9.17, 15) is 9.46 Å². The van der Waals surface area contributed by atoms with Crippen LogP contribution in [0, 0.1) is 5.41 Å². The van der Waals surface area contributed by atoms with Crippen LogP contribution < -0.4 is 0 Å². The standard InChI is InChI=1S/C12H25O4P/c1-4-5-10-15-17(13,14)16-11-6-8-12(2,3)9-7-11/h11H,4-10H2,1-3H3,(H,13,14). The molecule has 1 atom stereocenters. The van der Waals surface area contributed by atoms with Crippen molar-refractivity contribution >= 4 is 7.82 Å². The van der Waals surface area contributed by atoms with Crippen LogP contribution in [0.3, 0.4) is 0 Å². The third-order valence-electron chi connectivity index (χ3n) is 3.32. The summed E-state index contributed by atoms with van der Waals surface area (Å²) in [6, 6.07) is 0. The van der Waals surface area contributed by atoms with Gasteiger partial charge in [0.05, 0.1) is 12.7 Å². The van der Waals surface area contributed by atoms with Crippen LogP contribution in [0.1, 0.15) is 59.3 Å². The van der Waals surface area contributed by atoms with E-state index >= 15 is 0 Å². The van der Waals surface area contributed by atoms with Gasteiger partial charge in [0, 0.05) is 0 Å². The Balaban J connectivity index is 2.31. The fourth-order valence-corrected chi connectivity index (χ4v) is 3.03. The summed E-state index contributed by atoms with van der Waals surface area (Å²) in [5.41, 5.74) is 0.336. The average molecular weight is 264 g/mol. The monoisotopic (exact) mass is 264 g/mol. The predicted octanol–water partition coefficient (Wildman–Crippen LogP) is 3.89. The smallest absolute Gasteiger partial charge is 0.302 e. The Labute approximate surface area is 104 Å². The van der Waals surface area contributed by atoms with Crippen LogP contribution in [0.2, 0.25) is 0 Å². The van der Waals surface area contributed by atoms with E-state index in [0.717, 1.165) is 38.5 Å². The van der Waals surface area contributed by atoms with Crippen molar-refractivity contribution in [3.63, 3.8) is 0 Å². The number of rotatable bonds is 6. The molecule has 0 aromatic heterocycles. The lowest BCUT2D eigenvalue weighted by Gasteiger charge is -2.34. The minimum absolute atomic E-state index is 0.125. The van der Waals surface area contributed by atoms with E-state index in [-0.39, 0.29) is 6.10 Å². The highest BCUT2D eigenvalue weighted by Crippen LogP contribution is 2.48. The SMILES string of the molecule is CCCCOP(=O)(O)OC1CCC(C)(C)CC1. The molecule has 0 amide bonds. The number of hydrogen-bond donors (Lipinski definition) is 1. The second-order valence-corrected chi connectivity index (χ2v) is 7.03. The summed E-state index contributed by atoms with van der Waals surface area (Å²) in [4.78, 5) is 9.53. The van der Waals surface area contributed by atoms with E-state index in [1.54, 1.807) is 0 Å². The summed E-state index contributed by atoms with van der Waals surface area (Å²) in [5.74, 6) is 0. The Kier molecular flexibility index (Phi) is 5.65. The molecule has 1 N–H and O–H groups in total. The van der Waals surface area contributed by atoms with Crippen LogP contribution in [0.25, 0.3) is 0 Å². The molecule has 0 aromatic rings. The first-order valence-corrected chi connectivity index (χ1v) is 8.00. The van der Waals surface area contributed by atoms with Crippen LogP contribution >= 0.6 is 7.82 Å². The maximum Gasteiger partial charge on any atom is 0.472 e. The van der Waals surface area contributed by atoms with Crippen LogP contribution in [0.15, 0.2) is 0 Å². The molecule has 1 fully saturated rings. The molecule has 0 radical (unpaired) electrons. The maximum absolute atomic E-state index is 11.6. The summed E-state index contributed by atoms with van der Waals surface area (Å²) < 4.78 is 21.8. The van der Waals surface area contributed by atoms with E-state index in [1.807, 2.05) is 6.92 Å². The number of unbranched alkanes of at least 4 members (excludes halogenated alkanes) is 1. The van der Waals surface area contributed by atoms with Gasteiger partial charge in [-0.05, 0) is 37.5 Å². The lowest BCUT2D eigenvalue weighted by Crippen LogP contribution is -2.26. The van der Waals surface area contributed by atoms with Gasteiger partial charge in [0.25, 0.3) is 0 Å². The Morgan fingerprint density at radius 2 is 1.94 bits per heavy atom. The molecular formula is C12H25O4P. The fraction of sp³-hybridized carbons (Fsp3) is 1.00. The molecule has 0 spiro atoms. The largest absolute Gasteiger partial charge is 0.472 e. The molecule has 1 aliphatic carbocycles. The van der Waals surface area contributed by atoms with E-state index in [1.165, 1.54) is 0 Å². The molecule has 102 valence electrons. The van der Waals surface area contributed by atoms with Crippen LogP contribution in [-0.4, -0.2) is 17.6 Å². The van der Waals surface area contributed by atoms with E-state index in [2.05, 4.69) is 13.8 Å². The highest BCUT2D eigenvalue weighted by atomic mass is 31.2. The van der Waals surface area contributed by atoms with Gasteiger partial charge >= 0.3 is 7.82 Å². The fourth-order valence-electron chi connectivity index (χ4n) is 2.02. The molecule has 4 nitrogen and oxygen atoms in total. The van der Waals surface area contributed by atoms with Gasteiger partial charge in [0.15, 0.2) is 0 Å². The van der Waals surface area contributed by atoms with Gasteiger partial charge < -0.3 is 4.89 Å². The maximum atomic E-state index is 11.6. The molecule has 0 aliphatic heterocycles. The van der Waals surface area contributed by atoms with Crippen LogP contribution in [0.4, 0.5) is 0 Å². The van der Waals surface area contributed by atoms with Crippen molar-refractivity contribution < 1.29 is 18.5 Å². The third-order valence-corrected chi connectivity index (χ3v) is 4.39. The van der Waals surface area contributed by atoms with Gasteiger partial charge in [-0.3, -0.25) is 9.05 Å². The third kappa shape index (κ3) is 6.01. The van der Waals surface area contributed by atoms with E-state index < -0.39 is 7.82 Å². The summed E-state index contributed by atoms with van der Waals surface area (Å²) >= 11 is 0. The predicted molar refractivity (Wildman–Crippen MR) is 67.8 cm³/mol. The van der Waals surface area contributed by atoms with Crippen LogP contribution in [0.5, 0.6) is 0 Å². The molecule has 17 heavy (non-hydrogen) atoms. The molecular weight excluding hydrogens is 239 g/mol. The quantitative estimate of drug-likeness (QED) is 0.584. The molecule has 5 heteroatoms. The van der Waals surface area contributed by atoms with Crippen molar-refractivity contribution in [1.29, 1.82) is 0 Å².